The second-order valence-electron chi connectivity index (χ2n) is 4.62. The van der Waals surface area contributed by atoms with E-state index < -0.39 is 11.8 Å². The van der Waals surface area contributed by atoms with E-state index in [-0.39, 0.29) is 0 Å². The van der Waals surface area contributed by atoms with Gasteiger partial charge in [-0.1, -0.05) is 12.1 Å². The molecule has 0 saturated carbocycles. The van der Waals surface area contributed by atoms with E-state index in [1.807, 2.05) is 11.0 Å². The Kier molecular flexibility index (Phi) is 3.06. The summed E-state index contributed by atoms with van der Waals surface area (Å²) in [6.45, 7) is 1.14. The number of halogens is 1. The van der Waals surface area contributed by atoms with Crippen LogP contribution in [0.1, 0.15) is 21.5 Å². The number of hydrogen-bond donors (Lipinski definition) is 1. The molecule has 0 unspecified atom stereocenters. The van der Waals surface area contributed by atoms with Gasteiger partial charge < -0.3 is 10.0 Å². The maximum atomic E-state index is 12.8. The number of fused-ring (bicyclic) bond motifs is 1. The van der Waals surface area contributed by atoms with Gasteiger partial charge in [-0.25, -0.2) is 19.2 Å². The highest BCUT2D eigenvalue weighted by Gasteiger charge is 2.22. The minimum absolute atomic E-state index is 0.349. The van der Waals surface area contributed by atoms with Crippen molar-refractivity contribution in [2.45, 2.75) is 13.0 Å². The molecule has 0 atom stereocenters. The van der Waals surface area contributed by atoms with Crippen LogP contribution in [-0.4, -0.2) is 27.6 Å². The summed E-state index contributed by atoms with van der Waals surface area (Å²) >= 11 is 0. The molecule has 0 bridgehead atoms. The molecule has 0 saturated heterocycles. The standard InChI is InChI=1S/C14H12FN3O2/c15-10-6-16-14(17-7-10)18-5-4-11-9(8-18)2-1-3-12(11)13(19)20/h1-3,6-7H,4-5,8H2,(H,19,20). The Balaban J connectivity index is 1.91. The molecule has 1 aromatic heterocycles. The maximum absolute atomic E-state index is 12.8. The first-order valence-electron chi connectivity index (χ1n) is 6.21. The summed E-state index contributed by atoms with van der Waals surface area (Å²) in [6, 6.07) is 5.25. The molecule has 0 aliphatic carbocycles. The molecule has 20 heavy (non-hydrogen) atoms. The van der Waals surface area contributed by atoms with Crippen molar-refractivity contribution in [3.8, 4) is 0 Å². The number of carbonyl (C=O) groups is 1. The predicted octanol–water partition coefficient (Wildman–Crippen LogP) is 1.88. The number of aromatic carboxylic acids is 1. The van der Waals surface area contributed by atoms with Crippen LogP contribution < -0.4 is 4.90 Å². The molecule has 1 aliphatic heterocycles. The van der Waals surface area contributed by atoms with Crippen LogP contribution in [-0.2, 0) is 13.0 Å². The van der Waals surface area contributed by atoms with Crippen LogP contribution in [0.3, 0.4) is 0 Å². The van der Waals surface area contributed by atoms with Crippen molar-refractivity contribution in [2.75, 3.05) is 11.4 Å². The number of aromatic nitrogens is 2. The van der Waals surface area contributed by atoms with Crippen molar-refractivity contribution in [2.24, 2.45) is 0 Å². The molecule has 0 fully saturated rings. The third-order valence-corrected chi connectivity index (χ3v) is 3.39. The fraction of sp³-hybridized carbons (Fsp3) is 0.214. The summed E-state index contributed by atoms with van der Waals surface area (Å²) in [5, 5.41) is 9.17. The normalized spacial score (nSPS) is 13.9. The Bertz CT molecular complexity index is 658. The fourth-order valence-corrected chi connectivity index (χ4v) is 2.45. The highest BCUT2D eigenvalue weighted by molar-refractivity contribution is 5.90. The van der Waals surface area contributed by atoms with Crippen LogP contribution in [0.25, 0.3) is 0 Å². The summed E-state index contributed by atoms with van der Waals surface area (Å²) in [6.07, 6.45) is 2.87. The average Bonchev–Trinajstić information content (AvgIpc) is 2.46. The Morgan fingerprint density at radius 1 is 1.30 bits per heavy atom. The number of hydrogen-bond acceptors (Lipinski definition) is 4. The third kappa shape index (κ3) is 2.20. The Labute approximate surface area is 114 Å². The molecule has 0 amide bonds. The number of carboxylic acid groups (broad SMARTS) is 1. The molecule has 102 valence electrons. The topological polar surface area (TPSA) is 66.3 Å². The van der Waals surface area contributed by atoms with Gasteiger partial charge in [-0.15, -0.1) is 0 Å². The van der Waals surface area contributed by atoms with Crippen LogP contribution in [0.2, 0.25) is 0 Å². The summed E-state index contributed by atoms with van der Waals surface area (Å²) < 4.78 is 12.8. The Morgan fingerprint density at radius 3 is 2.75 bits per heavy atom. The highest BCUT2D eigenvalue weighted by atomic mass is 19.1. The lowest BCUT2D eigenvalue weighted by Gasteiger charge is -2.29. The molecule has 1 N–H and O–H groups in total. The fourth-order valence-electron chi connectivity index (χ4n) is 2.45. The molecular formula is C14H12FN3O2. The van der Waals surface area contributed by atoms with Gasteiger partial charge in [0.15, 0.2) is 5.82 Å². The van der Waals surface area contributed by atoms with Gasteiger partial charge in [0.25, 0.3) is 0 Å². The van der Waals surface area contributed by atoms with E-state index in [0.717, 1.165) is 23.5 Å². The van der Waals surface area contributed by atoms with E-state index in [1.165, 1.54) is 0 Å². The maximum Gasteiger partial charge on any atom is 0.335 e. The smallest absolute Gasteiger partial charge is 0.335 e. The van der Waals surface area contributed by atoms with E-state index in [0.29, 0.717) is 31.0 Å². The van der Waals surface area contributed by atoms with E-state index in [1.54, 1.807) is 12.1 Å². The van der Waals surface area contributed by atoms with Gasteiger partial charge in [0.2, 0.25) is 5.95 Å². The first-order chi connectivity index (χ1) is 9.65. The third-order valence-electron chi connectivity index (χ3n) is 3.39. The van der Waals surface area contributed by atoms with Crippen LogP contribution in [0.5, 0.6) is 0 Å². The quantitative estimate of drug-likeness (QED) is 0.905. The van der Waals surface area contributed by atoms with E-state index in [9.17, 15) is 14.3 Å². The number of anilines is 1. The van der Waals surface area contributed by atoms with Gasteiger partial charge in [-0.2, -0.15) is 0 Å². The average molecular weight is 273 g/mol. The molecule has 0 radical (unpaired) electrons. The lowest BCUT2D eigenvalue weighted by Crippen LogP contribution is -2.32. The zero-order chi connectivity index (χ0) is 14.1. The zero-order valence-corrected chi connectivity index (χ0v) is 10.6. The number of rotatable bonds is 2. The summed E-state index contributed by atoms with van der Waals surface area (Å²) in [4.78, 5) is 21.0. The Hall–Kier alpha value is -2.50. The van der Waals surface area contributed by atoms with Crippen molar-refractivity contribution < 1.29 is 14.3 Å². The van der Waals surface area contributed by atoms with Gasteiger partial charge in [0.05, 0.1) is 18.0 Å². The van der Waals surface area contributed by atoms with Gasteiger partial charge >= 0.3 is 5.97 Å². The SMILES string of the molecule is O=C(O)c1cccc2c1CCN(c1ncc(F)cn1)C2. The van der Waals surface area contributed by atoms with Crippen molar-refractivity contribution in [1.29, 1.82) is 0 Å². The highest BCUT2D eigenvalue weighted by Crippen LogP contribution is 2.24. The molecule has 1 aromatic carbocycles. The Morgan fingerprint density at radius 2 is 2.05 bits per heavy atom. The zero-order valence-electron chi connectivity index (χ0n) is 10.6. The van der Waals surface area contributed by atoms with Crippen molar-refractivity contribution in [3.63, 3.8) is 0 Å². The van der Waals surface area contributed by atoms with Crippen LogP contribution in [0.15, 0.2) is 30.6 Å². The van der Waals surface area contributed by atoms with Crippen LogP contribution in [0, 0.1) is 5.82 Å². The minimum Gasteiger partial charge on any atom is -0.478 e. The van der Waals surface area contributed by atoms with Gasteiger partial charge in [-0.05, 0) is 23.6 Å². The first-order valence-corrected chi connectivity index (χ1v) is 6.21. The number of carboxylic acids is 1. The van der Waals surface area contributed by atoms with Crippen LogP contribution >= 0.6 is 0 Å². The molecule has 5 nitrogen and oxygen atoms in total. The molecule has 2 aromatic rings. The molecular weight excluding hydrogens is 261 g/mol. The van der Waals surface area contributed by atoms with Gasteiger partial charge in [-0.3, -0.25) is 0 Å². The number of benzene rings is 1. The van der Waals surface area contributed by atoms with Gasteiger partial charge in [0, 0.05) is 13.1 Å². The van der Waals surface area contributed by atoms with Gasteiger partial charge in [0.1, 0.15) is 0 Å². The number of nitrogens with zero attached hydrogens (tertiary/aromatic N) is 3. The van der Waals surface area contributed by atoms with Crippen molar-refractivity contribution in [3.05, 3.63) is 53.1 Å². The monoisotopic (exact) mass is 273 g/mol. The van der Waals surface area contributed by atoms with E-state index in [2.05, 4.69) is 9.97 Å². The second-order valence-corrected chi connectivity index (χ2v) is 4.62. The molecule has 1 aliphatic rings. The lowest BCUT2D eigenvalue weighted by molar-refractivity contribution is 0.0695. The van der Waals surface area contributed by atoms with E-state index >= 15 is 0 Å². The lowest BCUT2D eigenvalue weighted by atomic mass is 9.95. The predicted molar refractivity (Wildman–Crippen MR) is 70.1 cm³/mol. The van der Waals surface area contributed by atoms with Crippen molar-refractivity contribution in [1.82, 2.24) is 9.97 Å². The summed E-state index contributed by atoms with van der Waals surface area (Å²) in [7, 11) is 0. The molecule has 0 spiro atoms. The molecule has 2 heterocycles. The minimum atomic E-state index is -0.909. The second kappa shape index (κ2) is 4.88. The first kappa shape index (κ1) is 12.5. The molecule has 6 heteroatoms. The summed E-state index contributed by atoms with van der Waals surface area (Å²) in [5.41, 5.74) is 2.16. The molecule has 3 rings (SSSR count). The largest absolute Gasteiger partial charge is 0.478 e. The summed E-state index contributed by atoms with van der Waals surface area (Å²) in [5.74, 6) is -0.926. The van der Waals surface area contributed by atoms with E-state index in [4.69, 9.17) is 0 Å². The van der Waals surface area contributed by atoms with Crippen molar-refractivity contribution >= 4 is 11.9 Å². The van der Waals surface area contributed by atoms with Crippen LogP contribution in [0.4, 0.5) is 10.3 Å².